The number of hydrogen-bond donors (Lipinski definition) is 2. The molecule has 5 nitrogen and oxygen atoms in total. The predicted octanol–water partition coefficient (Wildman–Crippen LogP) is 4.55. The maximum atomic E-state index is 12.8. The maximum Gasteiger partial charge on any atom is 0.405 e. The van der Waals surface area contributed by atoms with Crippen molar-refractivity contribution >= 4 is 17.4 Å². The molecule has 0 radical (unpaired) electrons. The summed E-state index contributed by atoms with van der Waals surface area (Å²) >= 11 is 1.40. The summed E-state index contributed by atoms with van der Waals surface area (Å²) in [5.41, 5.74) is 0.684. The van der Waals surface area contributed by atoms with Gasteiger partial charge in [-0.15, -0.1) is 11.3 Å². The van der Waals surface area contributed by atoms with Gasteiger partial charge >= 0.3 is 6.09 Å². The summed E-state index contributed by atoms with van der Waals surface area (Å²) in [4.78, 5) is 17.5. The molecular formula is C20H26FN3O2S. The number of nitrogens with zero attached hydrogens (tertiary/aromatic N) is 2. The topological polar surface area (TPSA) is 65.5 Å². The Kier molecular flexibility index (Phi) is 5.69. The quantitative estimate of drug-likeness (QED) is 0.804. The Hall–Kier alpha value is -1.99. The van der Waals surface area contributed by atoms with Crippen LogP contribution in [0.5, 0.6) is 0 Å². The van der Waals surface area contributed by atoms with Gasteiger partial charge in [-0.25, -0.2) is 14.2 Å². The van der Waals surface area contributed by atoms with Crippen molar-refractivity contribution < 1.29 is 15.7 Å². The number of fused-ring (bicyclic) bond motifs is 3. The van der Waals surface area contributed by atoms with Gasteiger partial charge < -0.3 is 15.3 Å². The van der Waals surface area contributed by atoms with Gasteiger partial charge in [-0.1, -0.05) is 0 Å². The van der Waals surface area contributed by atoms with Crippen LogP contribution in [0.2, 0.25) is 0 Å². The van der Waals surface area contributed by atoms with Crippen molar-refractivity contribution in [2.75, 3.05) is 19.6 Å². The number of amides is 1. The van der Waals surface area contributed by atoms with Crippen LogP contribution in [-0.2, 0) is 5.54 Å². The highest BCUT2D eigenvalue weighted by atomic mass is 32.1. The average molecular weight is 393 g/mol. The molecule has 1 aromatic carbocycles. The van der Waals surface area contributed by atoms with Crippen LogP contribution in [0, 0.1) is 11.7 Å². The number of benzene rings is 1. The molecule has 2 N–H and O–H groups in total. The predicted molar refractivity (Wildman–Crippen MR) is 105 cm³/mol. The van der Waals surface area contributed by atoms with E-state index in [-0.39, 0.29) is 12.2 Å². The molecule has 146 valence electrons. The van der Waals surface area contributed by atoms with Crippen LogP contribution in [0.4, 0.5) is 9.18 Å². The number of aromatic nitrogens is 1. The Morgan fingerprint density at radius 2 is 2.00 bits per heavy atom. The molecule has 3 saturated heterocycles. The van der Waals surface area contributed by atoms with E-state index in [1.807, 2.05) is 0 Å². The van der Waals surface area contributed by atoms with E-state index in [1.54, 1.807) is 31.4 Å². The summed E-state index contributed by atoms with van der Waals surface area (Å²) in [6, 6.07) is 6.04. The lowest BCUT2D eigenvalue weighted by atomic mass is 9.89. The molecule has 1 atom stereocenters. The number of hydrogen-bond acceptors (Lipinski definition) is 4. The maximum absolute atomic E-state index is 12.8. The Bertz CT molecular complexity index is 804. The van der Waals surface area contributed by atoms with Crippen molar-refractivity contribution in [3.05, 3.63) is 41.2 Å². The van der Waals surface area contributed by atoms with Crippen LogP contribution >= 0.6 is 11.3 Å². The number of nitrogens with one attached hydrogen (secondary N) is 1. The van der Waals surface area contributed by atoms with Crippen molar-refractivity contribution in [1.29, 1.82) is 0 Å². The van der Waals surface area contributed by atoms with E-state index in [0.29, 0.717) is 5.69 Å². The van der Waals surface area contributed by atoms with Gasteiger partial charge in [-0.2, -0.15) is 0 Å². The van der Waals surface area contributed by atoms with Crippen molar-refractivity contribution in [3.63, 3.8) is 0 Å². The molecule has 4 heterocycles. The molecule has 0 aliphatic carbocycles. The monoisotopic (exact) mass is 392 g/mol. The second-order valence-corrected chi connectivity index (χ2v) is 8.33. The van der Waals surface area contributed by atoms with Gasteiger partial charge in [0.2, 0.25) is 0 Å². The number of piperidine rings is 3. The second kappa shape index (κ2) is 8.35. The lowest BCUT2D eigenvalue weighted by Gasteiger charge is -2.38. The van der Waals surface area contributed by atoms with E-state index >= 15 is 0 Å². The molecule has 0 saturated carbocycles. The van der Waals surface area contributed by atoms with E-state index in [4.69, 9.17) is 6.48 Å². The molecule has 5 rings (SSSR count). The highest BCUT2D eigenvalue weighted by Gasteiger charge is 2.26. The first kappa shape index (κ1) is 18.4. The highest BCUT2D eigenvalue weighted by Crippen LogP contribution is 2.29. The molecular weight excluding hydrogens is 365 g/mol. The third-order valence-corrected chi connectivity index (χ3v) is 5.88. The number of carboxylic acid groups (broad SMARTS) is 1. The second-order valence-electron chi connectivity index (χ2n) is 7.47. The molecule has 3 fully saturated rings. The third kappa shape index (κ3) is 5.26. The SMILES string of the molecule is CC(C)(NC(=O)O)c1csc(-c2ccc(F)cc2)n1.[2H][C@@H]1CN2CCC1CC2. The Balaban J connectivity index is 0.000000206. The van der Waals surface area contributed by atoms with Gasteiger partial charge in [0.15, 0.2) is 0 Å². The Morgan fingerprint density at radius 1 is 1.33 bits per heavy atom. The molecule has 2 aromatic rings. The van der Waals surface area contributed by atoms with E-state index in [1.165, 1.54) is 49.4 Å². The van der Waals surface area contributed by atoms with E-state index in [9.17, 15) is 9.18 Å². The minimum atomic E-state index is -1.10. The minimum Gasteiger partial charge on any atom is -0.465 e. The summed E-state index contributed by atoms with van der Waals surface area (Å²) in [5.74, 6) is 0.448. The van der Waals surface area contributed by atoms with Gasteiger partial charge in [0.1, 0.15) is 10.8 Å². The van der Waals surface area contributed by atoms with E-state index < -0.39 is 11.6 Å². The zero-order valence-electron chi connectivity index (χ0n) is 16.6. The smallest absolute Gasteiger partial charge is 0.405 e. The molecule has 3 aliphatic rings. The van der Waals surface area contributed by atoms with Crippen molar-refractivity contribution in [3.8, 4) is 10.6 Å². The fourth-order valence-corrected chi connectivity index (χ4v) is 4.28. The minimum absolute atomic E-state index is 0.243. The van der Waals surface area contributed by atoms with Crippen LogP contribution < -0.4 is 5.32 Å². The summed E-state index contributed by atoms with van der Waals surface area (Å²) in [6.07, 6.45) is 1.72. The first-order valence-electron chi connectivity index (χ1n) is 9.70. The molecule has 2 bridgehead atoms. The Labute approximate surface area is 164 Å². The number of thiazole rings is 1. The molecule has 0 spiro atoms. The zero-order valence-corrected chi connectivity index (χ0v) is 16.4. The van der Waals surface area contributed by atoms with Crippen LogP contribution in [0.1, 0.15) is 40.2 Å². The number of halogens is 1. The zero-order chi connectivity index (χ0) is 20.3. The van der Waals surface area contributed by atoms with Gasteiger partial charge in [0.05, 0.1) is 11.2 Å². The molecule has 27 heavy (non-hydrogen) atoms. The number of rotatable bonds is 3. The molecule has 3 aliphatic heterocycles. The largest absolute Gasteiger partial charge is 0.465 e. The van der Waals surface area contributed by atoms with Crippen LogP contribution in [0.25, 0.3) is 10.6 Å². The van der Waals surface area contributed by atoms with Crippen LogP contribution in [0.15, 0.2) is 29.6 Å². The van der Waals surface area contributed by atoms with Crippen LogP contribution in [-0.4, -0.2) is 40.7 Å². The summed E-state index contributed by atoms with van der Waals surface area (Å²) in [7, 11) is 0. The van der Waals surface area contributed by atoms with E-state index in [0.717, 1.165) is 23.0 Å². The van der Waals surface area contributed by atoms with Crippen molar-refractivity contribution in [1.82, 2.24) is 15.2 Å². The normalized spacial score (nSPS) is 24.6. The fourth-order valence-electron chi connectivity index (χ4n) is 3.29. The van der Waals surface area contributed by atoms with Crippen molar-refractivity contribution in [2.24, 2.45) is 5.92 Å². The van der Waals surface area contributed by atoms with Crippen LogP contribution in [0.3, 0.4) is 0 Å². The summed E-state index contributed by atoms with van der Waals surface area (Å²) in [6.45, 7) is 7.06. The summed E-state index contributed by atoms with van der Waals surface area (Å²) in [5, 5.41) is 13.7. The first-order valence-corrected chi connectivity index (χ1v) is 10.0. The molecule has 1 aromatic heterocycles. The lowest BCUT2D eigenvalue weighted by molar-refractivity contribution is 0.111. The molecule has 1 amide bonds. The Morgan fingerprint density at radius 3 is 2.48 bits per heavy atom. The lowest BCUT2D eigenvalue weighted by Crippen LogP contribution is -2.41. The third-order valence-electron chi connectivity index (χ3n) is 4.98. The van der Waals surface area contributed by atoms with Gasteiger partial charge in [0, 0.05) is 12.3 Å². The fraction of sp³-hybridized carbons (Fsp3) is 0.500. The molecule has 0 unspecified atom stereocenters. The van der Waals surface area contributed by atoms with Crippen molar-refractivity contribution in [2.45, 2.75) is 38.6 Å². The van der Waals surface area contributed by atoms with Gasteiger partial charge in [0.25, 0.3) is 0 Å². The molecule has 7 heteroatoms. The van der Waals surface area contributed by atoms with Gasteiger partial charge in [-0.3, -0.25) is 0 Å². The standard InChI is InChI=1S/C13H13FN2O2S.C7H13N/c1-13(2,16-12(17)18)10-7-19-11(15-10)8-3-5-9(14)6-4-8;1-4-8-5-2-7(1)3-6-8/h3-7,16H,1-2H3,(H,17,18);7H,1-6H2/i;1D/t;1-/m.1/s1. The van der Waals surface area contributed by atoms with Gasteiger partial charge in [-0.05, 0) is 82.9 Å². The first-order chi connectivity index (χ1) is 13.2. The highest BCUT2D eigenvalue weighted by molar-refractivity contribution is 7.13. The average Bonchev–Trinajstić information content (AvgIpc) is 3.14. The van der Waals surface area contributed by atoms with E-state index in [2.05, 4.69) is 15.2 Å². The summed E-state index contributed by atoms with van der Waals surface area (Å²) < 4.78 is 20.5. The number of carbonyl (C=O) groups is 1.